The number of anilines is 2. The number of primary amides is 1. The molecule has 3 heterocycles. The fourth-order valence-corrected chi connectivity index (χ4v) is 4.69. The first-order chi connectivity index (χ1) is 14.5. The standard InChI is InChI=1S/C22H24N6O2/c1-13(29)24-15-7-5-14(6-8-15)10-27-11-17-9-16(27)12-28(17)22-25-19-4-2-3-18(21(23)30)20(19)26-22/h2-8,16-17H,9-12H2,1H3,(H2,23,30)(H,24,29)(H,25,26)/t16-,17-/m0/s1. The normalized spacial score (nSPS) is 20.8. The third-order valence-corrected chi connectivity index (χ3v) is 6.05. The highest BCUT2D eigenvalue weighted by Gasteiger charge is 2.44. The predicted octanol–water partition coefficient (Wildman–Crippen LogP) is 2.08. The highest BCUT2D eigenvalue weighted by molar-refractivity contribution is 6.04. The number of hydrogen-bond donors (Lipinski definition) is 3. The zero-order valence-electron chi connectivity index (χ0n) is 16.8. The fourth-order valence-electron chi connectivity index (χ4n) is 4.69. The van der Waals surface area contributed by atoms with Crippen molar-refractivity contribution in [2.45, 2.75) is 32.0 Å². The van der Waals surface area contributed by atoms with Gasteiger partial charge in [0.15, 0.2) is 0 Å². The maximum absolute atomic E-state index is 11.7. The van der Waals surface area contributed by atoms with Gasteiger partial charge in [0.25, 0.3) is 5.91 Å². The Kier molecular flexibility index (Phi) is 4.43. The first kappa shape index (κ1) is 18.6. The molecule has 0 saturated carbocycles. The van der Waals surface area contributed by atoms with Crippen molar-refractivity contribution in [3.63, 3.8) is 0 Å². The van der Waals surface area contributed by atoms with Crippen LogP contribution in [0.2, 0.25) is 0 Å². The Balaban J connectivity index is 1.28. The van der Waals surface area contributed by atoms with Gasteiger partial charge in [-0.3, -0.25) is 14.5 Å². The Morgan fingerprint density at radius 2 is 1.97 bits per heavy atom. The number of carbonyl (C=O) groups is 2. The monoisotopic (exact) mass is 404 g/mol. The molecule has 0 unspecified atom stereocenters. The van der Waals surface area contributed by atoms with Gasteiger partial charge in [-0.15, -0.1) is 0 Å². The number of likely N-dealkylation sites (tertiary alicyclic amines) is 1. The molecule has 0 radical (unpaired) electrons. The summed E-state index contributed by atoms with van der Waals surface area (Å²) in [6.45, 7) is 4.27. The van der Waals surface area contributed by atoms with Crippen LogP contribution in [0.1, 0.15) is 29.3 Å². The van der Waals surface area contributed by atoms with Crippen molar-refractivity contribution in [3.05, 3.63) is 53.6 Å². The minimum Gasteiger partial charge on any atom is -0.366 e. The van der Waals surface area contributed by atoms with E-state index in [0.717, 1.165) is 43.2 Å². The number of fused-ring (bicyclic) bond motifs is 3. The van der Waals surface area contributed by atoms with Crippen LogP contribution in [-0.4, -0.2) is 51.9 Å². The number of benzene rings is 2. The van der Waals surface area contributed by atoms with E-state index in [-0.39, 0.29) is 5.91 Å². The van der Waals surface area contributed by atoms with Crippen LogP contribution in [0.3, 0.4) is 0 Å². The molecule has 4 N–H and O–H groups in total. The number of amides is 2. The van der Waals surface area contributed by atoms with E-state index in [1.165, 1.54) is 12.5 Å². The van der Waals surface area contributed by atoms with Gasteiger partial charge in [0.2, 0.25) is 11.9 Å². The summed E-state index contributed by atoms with van der Waals surface area (Å²) < 4.78 is 0. The Hall–Kier alpha value is -3.39. The second-order valence-corrected chi connectivity index (χ2v) is 8.13. The number of imidazole rings is 1. The molecule has 0 spiro atoms. The summed E-state index contributed by atoms with van der Waals surface area (Å²) in [5.74, 6) is 0.288. The number of aromatic nitrogens is 2. The summed E-state index contributed by atoms with van der Waals surface area (Å²) in [5, 5.41) is 2.80. The van der Waals surface area contributed by atoms with E-state index in [4.69, 9.17) is 10.7 Å². The number of aromatic amines is 1. The lowest BCUT2D eigenvalue weighted by molar-refractivity contribution is -0.114. The van der Waals surface area contributed by atoms with Gasteiger partial charge in [-0.05, 0) is 36.2 Å². The van der Waals surface area contributed by atoms with Crippen LogP contribution in [0.5, 0.6) is 0 Å². The van der Waals surface area contributed by atoms with Gasteiger partial charge in [-0.1, -0.05) is 18.2 Å². The topological polar surface area (TPSA) is 107 Å². The molecule has 2 amide bonds. The Morgan fingerprint density at radius 1 is 1.17 bits per heavy atom. The number of para-hydroxylation sites is 1. The van der Waals surface area contributed by atoms with Gasteiger partial charge in [-0.25, -0.2) is 4.98 Å². The largest absolute Gasteiger partial charge is 0.366 e. The molecule has 2 aliphatic rings. The molecule has 3 aromatic rings. The highest BCUT2D eigenvalue weighted by atomic mass is 16.1. The lowest BCUT2D eigenvalue weighted by Crippen LogP contribution is -2.46. The lowest BCUT2D eigenvalue weighted by atomic mass is 10.1. The van der Waals surface area contributed by atoms with Gasteiger partial charge >= 0.3 is 0 Å². The Bertz CT molecular complexity index is 1120. The number of nitrogens with one attached hydrogen (secondary N) is 2. The van der Waals surface area contributed by atoms with E-state index in [1.54, 1.807) is 6.07 Å². The molecule has 2 bridgehead atoms. The zero-order valence-corrected chi connectivity index (χ0v) is 16.8. The van der Waals surface area contributed by atoms with Gasteiger partial charge in [0.1, 0.15) is 5.52 Å². The van der Waals surface area contributed by atoms with Crippen LogP contribution in [0, 0.1) is 0 Å². The second kappa shape index (κ2) is 7.14. The summed E-state index contributed by atoms with van der Waals surface area (Å²) >= 11 is 0. The molecule has 1 aromatic heterocycles. The predicted molar refractivity (Wildman–Crippen MR) is 115 cm³/mol. The molecule has 8 heteroatoms. The molecule has 0 aliphatic carbocycles. The van der Waals surface area contributed by atoms with Crippen molar-refractivity contribution in [2.24, 2.45) is 5.73 Å². The molecule has 5 rings (SSSR count). The number of carbonyl (C=O) groups excluding carboxylic acids is 2. The highest BCUT2D eigenvalue weighted by Crippen LogP contribution is 2.35. The minimum absolute atomic E-state index is 0.0618. The van der Waals surface area contributed by atoms with Crippen molar-refractivity contribution in [1.29, 1.82) is 0 Å². The van der Waals surface area contributed by atoms with Gasteiger partial charge in [0.05, 0.1) is 11.1 Å². The minimum atomic E-state index is -0.461. The van der Waals surface area contributed by atoms with Crippen LogP contribution in [0.4, 0.5) is 11.6 Å². The van der Waals surface area contributed by atoms with Gasteiger partial charge < -0.3 is 20.9 Å². The van der Waals surface area contributed by atoms with Crippen molar-refractivity contribution < 1.29 is 9.59 Å². The molecule has 30 heavy (non-hydrogen) atoms. The van der Waals surface area contributed by atoms with E-state index in [9.17, 15) is 9.59 Å². The summed E-state index contributed by atoms with van der Waals surface area (Å²) in [6, 6.07) is 14.3. The SMILES string of the molecule is CC(=O)Nc1ccc(CN2C[C@@H]3C[C@H]2CN3c2nc3c(C(N)=O)cccc3[nH]2)cc1. The van der Waals surface area contributed by atoms with E-state index in [0.29, 0.717) is 23.2 Å². The van der Waals surface area contributed by atoms with Crippen LogP contribution in [0.15, 0.2) is 42.5 Å². The maximum Gasteiger partial charge on any atom is 0.250 e. The average Bonchev–Trinajstić information content (AvgIpc) is 3.41. The van der Waals surface area contributed by atoms with Crippen LogP contribution >= 0.6 is 0 Å². The molecular weight excluding hydrogens is 380 g/mol. The summed E-state index contributed by atoms with van der Waals surface area (Å²) in [6.07, 6.45) is 1.10. The molecular formula is C22H24N6O2. The zero-order chi connectivity index (χ0) is 20.8. The number of rotatable bonds is 5. The smallest absolute Gasteiger partial charge is 0.250 e. The van der Waals surface area contributed by atoms with Crippen LogP contribution in [-0.2, 0) is 11.3 Å². The first-order valence-corrected chi connectivity index (χ1v) is 10.1. The number of hydrogen-bond acceptors (Lipinski definition) is 5. The average molecular weight is 404 g/mol. The molecule has 2 aromatic carbocycles. The number of nitrogens with two attached hydrogens (primary N) is 1. The Labute approximate surface area is 174 Å². The molecule has 2 fully saturated rings. The maximum atomic E-state index is 11.7. The van der Waals surface area contributed by atoms with E-state index in [2.05, 4.69) is 32.2 Å². The summed E-state index contributed by atoms with van der Waals surface area (Å²) in [4.78, 5) is 35.7. The lowest BCUT2D eigenvalue weighted by Gasteiger charge is -2.34. The molecule has 2 saturated heterocycles. The van der Waals surface area contributed by atoms with E-state index < -0.39 is 5.91 Å². The molecule has 2 aliphatic heterocycles. The number of piperazine rings is 1. The van der Waals surface area contributed by atoms with Crippen LogP contribution in [0.25, 0.3) is 11.0 Å². The summed E-state index contributed by atoms with van der Waals surface area (Å²) in [5.41, 5.74) is 9.47. The Morgan fingerprint density at radius 3 is 2.63 bits per heavy atom. The third kappa shape index (κ3) is 3.29. The molecule has 8 nitrogen and oxygen atoms in total. The van der Waals surface area contributed by atoms with Crippen molar-refractivity contribution in [2.75, 3.05) is 23.3 Å². The number of H-pyrrole nitrogens is 1. The van der Waals surface area contributed by atoms with Crippen LogP contribution < -0.4 is 16.0 Å². The van der Waals surface area contributed by atoms with Crippen molar-refractivity contribution in [1.82, 2.24) is 14.9 Å². The quantitative estimate of drug-likeness (QED) is 0.604. The molecule has 2 atom stereocenters. The first-order valence-electron chi connectivity index (χ1n) is 10.1. The number of nitrogens with zero attached hydrogens (tertiary/aromatic N) is 3. The summed E-state index contributed by atoms with van der Waals surface area (Å²) in [7, 11) is 0. The van der Waals surface area contributed by atoms with Gasteiger partial charge in [-0.2, -0.15) is 0 Å². The van der Waals surface area contributed by atoms with E-state index >= 15 is 0 Å². The van der Waals surface area contributed by atoms with Crippen molar-refractivity contribution in [3.8, 4) is 0 Å². The molecule has 154 valence electrons. The van der Waals surface area contributed by atoms with E-state index in [1.807, 2.05) is 24.3 Å². The van der Waals surface area contributed by atoms with Gasteiger partial charge in [0, 0.05) is 44.3 Å². The second-order valence-electron chi connectivity index (χ2n) is 8.13. The third-order valence-electron chi connectivity index (χ3n) is 6.05. The van der Waals surface area contributed by atoms with Crippen molar-refractivity contribution >= 4 is 34.5 Å². The fraction of sp³-hybridized carbons (Fsp3) is 0.318.